The highest BCUT2D eigenvalue weighted by Gasteiger charge is 2.30. The lowest BCUT2D eigenvalue weighted by Gasteiger charge is -2.36. The van der Waals surface area contributed by atoms with Gasteiger partial charge in [0, 0.05) is 50.8 Å². The standard InChI is InChI=1S/C19H24F3N5S/c1-14-11-24-17(28-14)12-25-18(23-2)27-9-7-26(8-10-27)13-15-3-5-16(6-4-15)19(20,21)22/h3-6,11H,7-10,12-13H2,1-2H3,(H,23,25). The van der Waals surface area contributed by atoms with E-state index >= 15 is 0 Å². The molecule has 9 heteroatoms. The van der Waals surface area contributed by atoms with Crippen molar-refractivity contribution < 1.29 is 13.2 Å². The molecule has 2 heterocycles. The number of hydrogen-bond acceptors (Lipinski definition) is 4. The molecule has 28 heavy (non-hydrogen) atoms. The third-order valence-corrected chi connectivity index (χ3v) is 5.55. The molecule has 0 radical (unpaired) electrons. The zero-order valence-corrected chi connectivity index (χ0v) is 16.8. The maximum absolute atomic E-state index is 12.7. The van der Waals surface area contributed by atoms with Gasteiger partial charge in [0.15, 0.2) is 5.96 Å². The molecule has 1 saturated heterocycles. The molecular formula is C19H24F3N5S. The van der Waals surface area contributed by atoms with Gasteiger partial charge in [-0.25, -0.2) is 4.98 Å². The number of piperazine rings is 1. The van der Waals surface area contributed by atoms with Crippen LogP contribution in [0.1, 0.15) is 21.0 Å². The van der Waals surface area contributed by atoms with E-state index < -0.39 is 11.7 Å². The molecule has 0 saturated carbocycles. The van der Waals surface area contributed by atoms with Crippen molar-refractivity contribution in [2.45, 2.75) is 26.2 Å². The number of aryl methyl sites for hydroxylation is 1. The van der Waals surface area contributed by atoms with E-state index in [4.69, 9.17) is 0 Å². The van der Waals surface area contributed by atoms with Crippen LogP contribution < -0.4 is 5.32 Å². The first-order valence-electron chi connectivity index (χ1n) is 9.10. The fourth-order valence-electron chi connectivity index (χ4n) is 3.15. The molecule has 1 N–H and O–H groups in total. The summed E-state index contributed by atoms with van der Waals surface area (Å²) in [5, 5.41) is 4.38. The highest BCUT2D eigenvalue weighted by Crippen LogP contribution is 2.29. The second kappa shape index (κ2) is 8.91. The summed E-state index contributed by atoms with van der Waals surface area (Å²) in [6.07, 6.45) is -2.42. The Morgan fingerprint density at radius 1 is 1.18 bits per heavy atom. The second-order valence-electron chi connectivity index (χ2n) is 6.72. The zero-order valence-electron chi connectivity index (χ0n) is 16.0. The highest BCUT2D eigenvalue weighted by atomic mass is 32.1. The summed E-state index contributed by atoms with van der Waals surface area (Å²) in [5.74, 6) is 0.849. The third kappa shape index (κ3) is 5.45. The normalized spacial score (nSPS) is 16.5. The number of alkyl halides is 3. The largest absolute Gasteiger partial charge is 0.416 e. The lowest BCUT2D eigenvalue weighted by atomic mass is 10.1. The average Bonchev–Trinajstić information content (AvgIpc) is 3.08. The van der Waals surface area contributed by atoms with E-state index in [1.807, 2.05) is 13.1 Å². The number of nitrogens with zero attached hydrogens (tertiary/aromatic N) is 4. The van der Waals surface area contributed by atoms with Crippen LogP contribution in [0.4, 0.5) is 13.2 Å². The molecule has 1 aromatic heterocycles. The number of aliphatic imine (C=N–C) groups is 1. The van der Waals surface area contributed by atoms with Gasteiger partial charge in [0.1, 0.15) is 5.01 Å². The van der Waals surface area contributed by atoms with Crippen LogP contribution in [0, 0.1) is 6.92 Å². The molecule has 0 amide bonds. The zero-order chi connectivity index (χ0) is 20.1. The number of rotatable bonds is 4. The number of guanidine groups is 1. The lowest BCUT2D eigenvalue weighted by molar-refractivity contribution is -0.137. The van der Waals surface area contributed by atoms with Crippen LogP contribution in [-0.2, 0) is 19.3 Å². The Bertz CT molecular complexity index is 793. The summed E-state index contributed by atoms with van der Waals surface area (Å²) in [6, 6.07) is 5.42. The Hall–Kier alpha value is -2.13. The maximum Gasteiger partial charge on any atom is 0.416 e. The van der Waals surface area contributed by atoms with Gasteiger partial charge in [-0.3, -0.25) is 9.89 Å². The van der Waals surface area contributed by atoms with Gasteiger partial charge in [-0.1, -0.05) is 12.1 Å². The number of nitrogens with one attached hydrogen (secondary N) is 1. The van der Waals surface area contributed by atoms with Crippen LogP contribution in [0.2, 0.25) is 0 Å². The van der Waals surface area contributed by atoms with Crippen molar-refractivity contribution in [3.8, 4) is 0 Å². The fraction of sp³-hybridized carbons (Fsp3) is 0.474. The summed E-state index contributed by atoms with van der Waals surface area (Å²) in [6.45, 7) is 6.63. The summed E-state index contributed by atoms with van der Waals surface area (Å²) in [5.41, 5.74) is 0.287. The van der Waals surface area contributed by atoms with E-state index in [-0.39, 0.29) is 0 Å². The van der Waals surface area contributed by atoms with Gasteiger partial charge in [-0.2, -0.15) is 13.2 Å². The Labute approximate surface area is 166 Å². The SMILES string of the molecule is CN=C(NCc1ncc(C)s1)N1CCN(Cc2ccc(C(F)(F)F)cc2)CC1. The van der Waals surface area contributed by atoms with Crippen LogP contribution in [-0.4, -0.2) is 54.0 Å². The first-order valence-corrected chi connectivity index (χ1v) is 9.92. The minimum atomic E-state index is -4.29. The molecule has 3 rings (SSSR count). The molecule has 0 spiro atoms. The van der Waals surface area contributed by atoms with Gasteiger partial charge < -0.3 is 10.2 Å². The van der Waals surface area contributed by atoms with E-state index in [9.17, 15) is 13.2 Å². The molecule has 1 fully saturated rings. The Kier molecular flexibility index (Phi) is 6.56. The smallest absolute Gasteiger partial charge is 0.350 e. The Morgan fingerprint density at radius 3 is 2.39 bits per heavy atom. The monoisotopic (exact) mass is 411 g/mol. The number of aromatic nitrogens is 1. The van der Waals surface area contributed by atoms with E-state index in [1.165, 1.54) is 4.88 Å². The number of benzene rings is 1. The number of thiazole rings is 1. The molecule has 0 atom stereocenters. The van der Waals surface area contributed by atoms with Gasteiger partial charge in [0.2, 0.25) is 0 Å². The molecular weight excluding hydrogens is 387 g/mol. The molecule has 0 bridgehead atoms. The quantitative estimate of drug-likeness (QED) is 0.619. The summed E-state index contributed by atoms with van der Waals surface area (Å²) in [7, 11) is 1.77. The average molecular weight is 411 g/mol. The van der Waals surface area contributed by atoms with Crippen molar-refractivity contribution in [3.63, 3.8) is 0 Å². The number of halogens is 3. The van der Waals surface area contributed by atoms with Gasteiger partial charge in [-0.15, -0.1) is 11.3 Å². The molecule has 5 nitrogen and oxygen atoms in total. The first kappa shape index (κ1) is 20.6. The molecule has 0 unspecified atom stereocenters. The van der Waals surface area contributed by atoms with Crippen LogP contribution >= 0.6 is 11.3 Å². The van der Waals surface area contributed by atoms with Crippen LogP contribution in [0.25, 0.3) is 0 Å². The van der Waals surface area contributed by atoms with E-state index in [2.05, 4.69) is 25.1 Å². The highest BCUT2D eigenvalue weighted by molar-refractivity contribution is 7.11. The molecule has 1 aliphatic heterocycles. The van der Waals surface area contributed by atoms with Crippen molar-refractivity contribution in [3.05, 3.63) is 51.5 Å². The van der Waals surface area contributed by atoms with Crippen molar-refractivity contribution in [1.29, 1.82) is 0 Å². The molecule has 152 valence electrons. The first-order chi connectivity index (χ1) is 13.3. The minimum absolute atomic E-state index is 0.605. The third-order valence-electron chi connectivity index (χ3n) is 4.64. The van der Waals surface area contributed by atoms with Crippen molar-refractivity contribution in [2.24, 2.45) is 4.99 Å². The molecule has 1 aromatic carbocycles. The van der Waals surface area contributed by atoms with Crippen LogP contribution in [0.3, 0.4) is 0 Å². The van der Waals surface area contributed by atoms with Crippen molar-refractivity contribution >= 4 is 17.3 Å². The molecule has 1 aliphatic rings. The Morgan fingerprint density at radius 2 is 1.86 bits per heavy atom. The number of hydrogen-bond donors (Lipinski definition) is 1. The summed E-state index contributed by atoms with van der Waals surface area (Å²) >= 11 is 1.67. The van der Waals surface area contributed by atoms with Gasteiger partial charge in [-0.05, 0) is 24.6 Å². The fourth-order valence-corrected chi connectivity index (χ4v) is 3.87. The van der Waals surface area contributed by atoms with Crippen LogP contribution in [0.15, 0.2) is 35.5 Å². The van der Waals surface area contributed by atoms with E-state index in [0.717, 1.165) is 54.8 Å². The predicted octanol–water partition coefficient (Wildman–Crippen LogP) is 3.36. The minimum Gasteiger partial charge on any atom is -0.350 e. The van der Waals surface area contributed by atoms with Gasteiger partial charge in [0.25, 0.3) is 0 Å². The summed E-state index contributed by atoms with van der Waals surface area (Å²) in [4.78, 5) is 14.3. The summed E-state index contributed by atoms with van der Waals surface area (Å²) < 4.78 is 38.0. The van der Waals surface area contributed by atoms with Gasteiger partial charge >= 0.3 is 6.18 Å². The van der Waals surface area contributed by atoms with E-state index in [1.54, 1.807) is 30.5 Å². The Balaban J connectivity index is 1.48. The lowest BCUT2D eigenvalue weighted by Crippen LogP contribution is -2.52. The maximum atomic E-state index is 12.7. The molecule has 0 aliphatic carbocycles. The van der Waals surface area contributed by atoms with Gasteiger partial charge in [0.05, 0.1) is 12.1 Å². The molecule has 2 aromatic rings. The van der Waals surface area contributed by atoms with Crippen LogP contribution in [0.5, 0.6) is 0 Å². The van der Waals surface area contributed by atoms with Crippen molar-refractivity contribution in [1.82, 2.24) is 20.1 Å². The predicted molar refractivity (Wildman–Crippen MR) is 105 cm³/mol. The van der Waals surface area contributed by atoms with Crippen molar-refractivity contribution in [2.75, 3.05) is 33.2 Å². The van der Waals surface area contributed by atoms with E-state index in [0.29, 0.717) is 13.1 Å². The topological polar surface area (TPSA) is 43.8 Å². The second-order valence-corrected chi connectivity index (χ2v) is 8.04.